The smallest absolute Gasteiger partial charge is 0.234 e. The van der Waals surface area contributed by atoms with E-state index in [9.17, 15) is 4.79 Å². The summed E-state index contributed by atoms with van der Waals surface area (Å²) in [7, 11) is 5.17. The van der Waals surface area contributed by atoms with Gasteiger partial charge in [0.1, 0.15) is 0 Å². The fourth-order valence-corrected chi connectivity index (χ4v) is 3.14. The van der Waals surface area contributed by atoms with Crippen LogP contribution in [0.25, 0.3) is 0 Å². The van der Waals surface area contributed by atoms with Gasteiger partial charge in [0.25, 0.3) is 0 Å². The number of nitrogens with one attached hydrogen (secondary N) is 1. The highest BCUT2D eigenvalue weighted by Gasteiger charge is 2.13. The molecule has 0 atom stereocenters. The molecule has 152 valence electrons. The van der Waals surface area contributed by atoms with Gasteiger partial charge >= 0.3 is 0 Å². The number of hydrogen-bond donors (Lipinski definition) is 1. The van der Waals surface area contributed by atoms with Gasteiger partial charge in [-0.25, -0.2) is 0 Å². The highest BCUT2D eigenvalue weighted by Crippen LogP contribution is 2.31. The topological polar surface area (TPSA) is 50.8 Å². The van der Waals surface area contributed by atoms with Crippen molar-refractivity contribution in [3.8, 4) is 11.5 Å². The molecule has 0 aliphatic carbocycles. The minimum absolute atomic E-state index is 0.0168. The fraction of sp³-hybridized carbons (Fsp3) is 0.435. The lowest BCUT2D eigenvalue weighted by Crippen LogP contribution is -2.35. The van der Waals surface area contributed by atoms with Crippen molar-refractivity contribution in [2.24, 2.45) is 0 Å². The van der Waals surface area contributed by atoms with Crippen molar-refractivity contribution in [1.29, 1.82) is 0 Å². The van der Waals surface area contributed by atoms with E-state index in [1.165, 1.54) is 11.1 Å². The molecule has 0 heterocycles. The van der Waals surface area contributed by atoms with E-state index < -0.39 is 0 Å². The first-order valence-corrected chi connectivity index (χ1v) is 9.68. The van der Waals surface area contributed by atoms with Crippen LogP contribution < -0.4 is 14.8 Å². The summed E-state index contributed by atoms with van der Waals surface area (Å²) < 4.78 is 10.8. The normalized spacial score (nSPS) is 11.0. The Balaban J connectivity index is 1.80. The Kier molecular flexibility index (Phi) is 8.33. The number of benzene rings is 2. The van der Waals surface area contributed by atoms with E-state index in [4.69, 9.17) is 9.47 Å². The van der Waals surface area contributed by atoms with Crippen molar-refractivity contribution in [3.63, 3.8) is 0 Å². The maximum absolute atomic E-state index is 12.2. The Hall–Kier alpha value is -2.53. The quantitative estimate of drug-likeness (QED) is 0.680. The molecule has 0 saturated carbocycles. The lowest BCUT2D eigenvalue weighted by Gasteiger charge is -2.19. The summed E-state index contributed by atoms with van der Waals surface area (Å²) in [5.41, 5.74) is 3.56. The van der Waals surface area contributed by atoms with Crippen LogP contribution in [-0.2, 0) is 17.8 Å². The molecule has 28 heavy (non-hydrogen) atoms. The van der Waals surface area contributed by atoms with Crippen LogP contribution >= 0.6 is 0 Å². The number of methoxy groups -OCH3 is 2. The van der Waals surface area contributed by atoms with Crippen LogP contribution in [-0.4, -0.2) is 45.2 Å². The van der Waals surface area contributed by atoms with Crippen LogP contribution in [0.2, 0.25) is 0 Å². The van der Waals surface area contributed by atoms with Gasteiger partial charge in [-0.05, 0) is 36.6 Å². The molecule has 0 aliphatic rings. The number of likely N-dealkylation sites (N-methyl/N-ethyl adjacent to an activating group) is 1. The molecule has 2 rings (SSSR count). The zero-order valence-corrected chi connectivity index (χ0v) is 17.6. The zero-order chi connectivity index (χ0) is 20.5. The maximum Gasteiger partial charge on any atom is 0.234 e. The fourth-order valence-electron chi connectivity index (χ4n) is 3.14. The van der Waals surface area contributed by atoms with Gasteiger partial charge in [0.15, 0.2) is 11.5 Å². The van der Waals surface area contributed by atoms with Gasteiger partial charge in [-0.1, -0.05) is 50.2 Å². The van der Waals surface area contributed by atoms with Gasteiger partial charge < -0.3 is 14.8 Å². The van der Waals surface area contributed by atoms with Crippen molar-refractivity contribution >= 4 is 5.91 Å². The summed E-state index contributed by atoms with van der Waals surface area (Å²) in [5.74, 6) is 1.96. The third-order valence-electron chi connectivity index (χ3n) is 4.72. The molecule has 5 heteroatoms. The number of nitrogens with zero attached hydrogens (tertiary/aromatic N) is 1. The Morgan fingerprint density at radius 1 is 1.07 bits per heavy atom. The van der Waals surface area contributed by atoms with E-state index in [1.807, 2.05) is 30.1 Å². The van der Waals surface area contributed by atoms with E-state index in [0.29, 0.717) is 37.1 Å². The molecule has 0 bridgehead atoms. The molecule has 2 aromatic rings. The number of para-hydroxylation sites is 1. The van der Waals surface area contributed by atoms with E-state index in [0.717, 1.165) is 12.0 Å². The number of rotatable bonds is 10. The SMILES string of the molecule is COc1cccc(CN(C)CC(=O)NCCc2ccc(C(C)C)cc2)c1OC. The Morgan fingerprint density at radius 2 is 1.79 bits per heavy atom. The molecule has 5 nitrogen and oxygen atoms in total. The molecule has 0 aromatic heterocycles. The maximum atomic E-state index is 12.2. The van der Waals surface area contributed by atoms with Crippen molar-refractivity contribution < 1.29 is 14.3 Å². The van der Waals surface area contributed by atoms with Crippen LogP contribution in [0.3, 0.4) is 0 Å². The third kappa shape index (κ3) is 6.27. The molecular formula is C23H32N2O3. The predicted octanol–water partition coefficient (Wildman–Crippen LogP) is 3.62. The minimum Gasteiger partial charge on any atom is -0.493 e. The van der Waals surface area contributed by atoms with E-state index in [1.54, 1.807) is 14.2 Å². The van der Waals surface area contributed by atoms with Gasteiger partial charge in [0.05, 0.1) is 20.8 Å². The summed E-state index contributed by atoms with van der Waals surface area (Å²) in [6.07, 6.45) is 0.831. The number of carbonyl (C=O) groups excluding carboxylic acids is 1. The molecule has 0 aliphatic heterocycles. The number of hydrogen-bond acceptors (Lipinski definition) is 4. The van der Waals surface area contributed by atoms with Crippen molar-refractivity contribution in [1.82, 2.24) is 10.2 Å². The van der Waals surface area contributed by atoms with Crippen LogP contribution in [0, 0.1) is 0 Å². The van der Waals surface area contributed by atoms with Gasteiger partial charge in [0, 0.05) is 18.7 Å². The van der Waals surface area contributed by atoms with Gasteiger partial charge in [-0.2, -0.15) is 0 Å². The third-order valence-corrected chi connectivity index (χ3v) is 4.72. The molecule has 0 saturated heterocycles. The first-order valence-electron chi connectivity index (χ1n) is 9.68. The summed E-state index contributed by atoms with van der Waals surface area (Å²) in [4.78, 5) is 14.2. The molecule has 0 radical (unpaired) electrons. The highest BCUT2D eigenvalue weighted by atomic mass is 16.5. The minimum atomic E-state index is 0.0168. The van der Waals surface area contributed by atoms with Crippen molar-refractivity contribution in [3.05, 3.63) is 59.2 Å². The first-order chi connectivity index (χ1) is 13.4. The second-order valence-corrected chi connectivity index (χ2v) is 7.32. The van der Waals surface area contributed by atoms with E-state index in [-0.39, 0.29) is 5.91 Å². The molecule has 0 fully saturated rings. The summed E-state index contributed by atoms with van der Waals surface area (Å²) in [6.45, 7) is 5.94. The number of carbonyl (C=O) groups is 1. The Bertz CT molecular complexity index is 757. The average Bonchev–Trinajstić information content (AvgIpc) is 2.67. The van der Waals surface area contributed by atoms with Crippen LogP contribution in [0.1, 0.15) is 36.5 Å². The summed E-state index contributed by atoms with van der Waals surface area (Å²) in [6, 6.07) is 14.4. The first kappa shape index (κ1) is 21.8. The molecule has 1 amide bonds. The van der Waals surface area contributed by atoms with Crippen molar-refractivity contribution in [2.45, 2.75) is 32.7 Å². The van der Waals surface area contributed by atoms with Crippen LogP contribution in [0.15, 0.2) is 42.5 Å². The monoisotopic (exact) mass is 384 g/mol. The standard InChI is InChI=1S/C23H32N2O3/c1-17(2)19-11-9-18(10-12-19)13-14-24-22(26)16-25(3)15-20-7-6-8-21(27-4)23(20)28-5/h6-12,17H,13-16H2,1-5H3,(H,24,26). The largest absolute Gasteiger partial charge is 0.493 e. The van der Waals surface area contributed by atoms with Gasteiger partial charge in [-0.3, -0.25) is 9.69 Å². The van der Waals surface area contributed by atoms with Crippen LogP contribution in [0.4, 0.5) is 0 Å². The van der Waals surface area contributed by atoms with Gasteiger partial charge in [-0.15, -0.1) is 0 Å². The number of amides is 1. The Morgan fingerprint density at radius 3 is 2.39 bits per heavy atom. The van der Waals surface area contributed by atoms with E-state index in [2.05, 4.69) is 43.4 Å². The summed E-state index contributed by atoms with van der Waals surface area (Å²) in [5, 5.41) is 3.00. The average molecular weight is 385 g/mol. The zero-order valence-electron chi connectivity index (χ0n) is 17.6. The van der Waals surface area contributed by atoms with Crippen LogP contribution in [0.5, 0.6) is 11.5 Å². The van der Waals surface area contributed by atoms with Gasteiger partial charge in [0.2, 0.25) is 5.91 Å². The molecule has 0 unspecified atom stereocenters. The van der Waals surface area contributed by atoms with Crippen molar-refractivity contribution in [2.75, 3.05) is 34.4 Å². The number of ether oxygens (including phenoxy) is 2. The lowest BCUT2D eigenvalue weighted by atomic mass is 10.0. The summed E-state index contributed by atoms with van der Waals surface area (Å²) >= 11 is 0. The molecule has 1 N–H and O–H groups in total. The van der Waals surface area contributed by atoms with E-state index >= 15 is 0 Å². The highest BCUT2D eigenvalue weighted by molar-refractivity contribution is 5.78. The molecule has 2 aromatic carbocycles. The second kappa shape index (κ2) is 10.7. The molecular weight excluding hydrogens is 352 g/mol. The molecule has 0 spiro atoms. The second-order valence-electron chi connectivity index (χ2n) is 7.32. The Labute approximate surface area is 168 Å². The predicted molar refractivity (Wildman–Crippen MR) is 113 cm³/mol. The lowest BCUT2D eigenvalue weighted by molar-refractivity contribution is -0.122.